The van der Waals surface area contributed by atoms with E-state index in [9.17, 15) is 4.79 Å². The van der Waals surface area contributed by atoms with Crippen LogP contribution in [-0.4, -0.2) is 26.2 Å². The Morgan fingerprint density at radius 1 is 1.07 bits per heavy atom. The minimum absolute atomic E-state index is 0.0808. The number of carbonyl (C=O) groups excluding carboxylic acids is 1. The van der Waals surface area contributed by atoms with Gasteiger partial charge >= 0.3 is 0 Å². The molecule has 0 saturated carbocycles. The zero-order valence-corrected chi connectivity index (χ0v) is 16.6. The van der Waals surface area contributed by atoms with E-state index in [-0.39, 0.29) is 5.91 Å². The van der Waals surface area contributed by atoms with Crippen LogP contribution in [0.3, 0.4) is 0 Å². The molecule has 0 unspecified atom stereocenters. The number of hydrogen-bond acceptors (Lipinski definition) is 5. The summed E-state index contributed by atoms with van der Waals surface area (Å²) in [6.45, 7) is 3.58. The van der Waals surface area contributed by atoms with E-state index < -0.39 is 0 Å². The molecule has 0 bridgehead atoms. The van der Waals surface area contributed by atoms with Crippen molar-refractivity contribution < 1.29 is 19.0 Å². The molecule has 144 valence electrons. The summed E-state index contributed by atoms with van der Waals surface area (Å²) in [5.74, 6) is 2.21. The molecule has 5 nitrogen and oxygen atoms in total. The molecule has 4 rings (SSSR count). The highest BCUT2D eigenvalue weighted by Gasteiger charge is 2.15. The molecular formula is C22H21NO4S. The van der Waals surface area contributed by atoms with Gasteiger partial charge in [0.15, 0.2) is 11.5 Å². The number of nitrogens with one attached hydrogen (secondary N) is 1. The summed E-state index contributed by atoms with van der Waals surface area (Å²) < 4.78 is 16.3. The lowest BCUT2D eigenvalue weighted by Crippen LogP contribution is -2.22. The summed E-state index contributed by atoms with van der Waals surface area (Å²) in [5, 5.41) is 2.99. The van der Waals surface area contributed by atoms with Crippen LogP contribution in [0.4, 0.5) is 0 Å². The summed E-state index contributed by atoms with van der Waals surface area (Å²) in [5.41, 5.74) is 3.11. The highest BCUT2D eigenvalue weighted by Crippen LogP contribution is 2.33. The standard InChI is InChI=1S/C22H21NO4S/c1-14-18(16-4-6-17(25-2)7-5-16)12-21(28-14)22(24)23-13-15-3-8-19-20(11-15)27-10-9-26-19/h3-8,11-12H,9-10,13H2,1-2H3,(H,23,24). The van der Waals surface area contributed by atoms with Crippen molar-refractivity contribution in [3.05, 3.63) is 63.8 Å². The fourth-order valence-corrected chi connectivity index (χ4v) is 4.08. The van der Waals surface area contributed by atoms with Gasteiger partial charge in [-0.05, 0) is 53.9 Å². The predicted octanol–water partition coefficient (Wildman–Crippen LogP) is 4.43. The van der Waals surface area contributed by atoms with Gasteiger partial charge in [0.05, 0.1) is 12.0 Å². The molecule has 0 atom stereocenters. The summed E-state index contributed by atoms with van der Waals surface area (Å²) >= 11 is 1.50. The molecular weight excluding hydrogens is 374 g/mol. The maximum absolute atomic E-state index is 12.6. The molecule has 3 aromatic rings. The zero-order chi connectivity index (χ0) is 19.5. The number of amides is 1. The van der Waals surface area contributed by atoms with Crippen molar-refractivity contribution in [3.63, 3.8) is 0 Å². The summed E-state index contributed by atoms with van der Waals surface area (Å²) in [6, 6.07) is 15.5. The van der Waals surface area contributed by atoms with Gasteiger partial charge in [-0.1, -0.05) is 18.2 Å². The molecule has 1 aromatic heterocycles. The van der Waals surface area contributed by atoms with E-state index in [4.69, 9.17) is 14.2 Å². The van der Waals surface area contributed by atoms with E-state index >= 15 is 0 Å². The topological polar surface area (TPSA) is 56.8 Å². The van der Waals surface area contributed by atoms with Crippen molar-refractivity contribution in [2.45, 2.75) is 13.5 Å². The van der Waals surface area contributed by atoms with Crippen LogP contribution < -0.4 is 19.5 Å². The number of carbonyl (C=O) groups is 1. The van der Waals surface area contributed by atoms with Crippen LogP contribution in [0.2, 0.25) is 0 Å². The van der Waals surface area contributed by atoms with Crippen LogP contribution >= 0.6 is 11.3 Å². The van der Waals surface area contributed by atoms with Gasteiger partial charge in [-0.2, -0.15) is 0 Å². The Labute approximate surface area is 167 Å². The van der Waals surface area contributed by atoms with Crippen molar-refractivity contribution in [3.8, 4) is 28.4 Å². The molecule has 0 fully saturated rings. The third kappa shape index (κ3) is 3.82. The minimum atomic E-state index is -0.0808. The monoisotopic (exact) mass is 395 g/mol. The van der Waals surface area contributed by atoms with Crippen molar-refractivity contribution in [1.82, 2.24) is 5.32 Å². The number of hydrogen-bond donors (Lipinski definition) is 1. The number of rotatable bonds is 5. The Morgan fingerprint density at radius 2 is 1.82 bits per heavy atom. The average molecular weight is 395 g/mol. The SMILES string of the molecule is COc1ccc(-c2cc(C(=O)NCc3ccc4c(c3)OCCO4)sc2C)cc1. The van der Waals surface area contributed by atoms with Crippen molar-refractivity contribution in [1.29, 1.82) is 0 Å². The normalized spacial score (nSPS) is 12.5. The van der Waals surface area contributed by atoms with E-state index in [0.717, 1.165) is 38.8 Å². The molecule has 2 heterocycles. The number of benzene rings is 2. The first-order chi connectivity index (χ1) is 13.6. The molecule has 1 N–H and O–H groups in total. The lowest BCUT2D eigenvalue weighted by atomic mass is 10.1. The fourth-order valence-electron chi connectivity index (χ4n) is 3.12. The van der Waals surface area contributed by atoms with E-state index in [1.165, 1.54) is 11.3 Å². The van der Waals surface area contributed by atoms with Crippen LogP contribution in [0.5, 0.6) is 17.2 Å². The molecule has 0 radical (unpaired) electrons. The second-order valence-corrected chi connectivity index (χ2v) is 7.73. The highest BCUT2D eigenvalue weighted by molar-refractivity contribution is 7.14. The van der Waals surface area contributed by atoms with Gasteiger partial charge in [-0.25, -0.2) is 0 Å². The quantitative estimate of drug-likeness (QED) is 0.694. The first kappa shape index (κ1) is 18.4. The molecule has 1 aliphatic rings. The van der Waals surface area contributed by atoms with Crippen molar-refractivity contribution in [2.24, 2.45) is 0 Å². The molecule has 6 heteroatoms. The minimum Gasteiger partial charge on any atom is -0.497 e. The Hall–Kier alpha value is -2.99. The lowest BCUT2D eigenvalue weighted by Gasteiger charge is -2.18. The van der Waals surface area contributed by atoms with E-state index in [1.807, 2.05) is 55.5 Å². The summed E-state index contributed by atoms with van der Waals surface area (Å²) in [7, 11) is 1.65. The largest absolute Gasteiger partial charge is 0.497 e. The van der Waals surface area contributed by atoms with Gasteiger partial charge in [0, 0.05) is 11.4 Å². The van der Waals surface area contributed by atoms with E-state index in [0.29, 0.717) is 24.6 Å². The molecule has 0 aliphatic carbocycles. The fraction of sp³-hybridized carbons (Fsp3) is 0.227. The summed E-state index contributed by atoms with van der Waals surface area (Å²) in [6.07, 6.45) is 0. The van der Waals surface area contributed by atoms with Gasteiger partial charge < -0.3 is 19.5 Å². The Kier molecular flexibility index (Phi) is 5.21. The average Bonchev–Trinajstić information content (AvgIpc) is 3.13. The van der Waals surface area contributed by atoms with Gasteiger partial charge in [-0.15, -0.1) is 11.3 Å². The maximum Gasteiger partial charge on any atom is 0.261 e. The van der Waals surface area contributed by atoms with Gasteiger partial charge in [-0.3, -0.25) is 4.79 Å². The number of ether oxygens (including phenoxy) is 3. The molecule has 1 amide bonds. The lowest BCUT2D eigenvalue weighted by molar-refractivity contribution is 0.0955. The summed E-state index contributed by atoms with van der Waals surface area (Å²) in [4.78, 5) is 14.4. The van der Waals surface area contributed by atoms with E-state index in [1.54, 1.807) is 7.11 Å². The van der Waals surface area contributed by atoms with Crippen LogP contribution in [-0.2, 0) is 6.54 Å². The zero-order valence-electron chi connectivity index (χ0n) is 15.8. The highest BCUT2D eigenvalue weighted by atomic mass is 32.1. The third-order valence-corrected chi connectivity index (χ3v) is 5.65. The smallest absolute Gasteiger partial charge is 0.261 e. The first-order valence-electron chi connectivity index (χ1n) is 9.05. The molecule has 1 aliphatic heterocycles. The third-order valence-electron chi connectivity index (χ3n) is 4.60. The Morgan fingerprint density at radius 3 is 2.57 bits per heavy atom. The number of methoxy groups -OCH3 is 1. The van der Waals surface area contributed by atoms with Crippen LogP contribution in [0.1, 0.15) is 20.1 Å². The van der Waals surface area contributed by atoms with Gasteiger partial charge in [0.25, 0.3) is 5.91 Å². The number of aryl methyl sites for hydroxylation is 1. The van der Waals surface area contributed by atoms with Crippen LogP contribution in [0.15, 0.2) is 48.5 Å². The first-order valence-corrected chi connectivity index (χ1v) is 9.87. The Bertz CT molecular complexity index is 994. The van der Waals surface area contributed by atoms with Crippen LogP contribution in [0, 0.1) is 6.92 Å². The molecule has 28 heavy (non-hydrogen) atoms. The number of thiophene rings is 1. The number of fused-ring (bicyclic) bond motifs is 1. The second-order valence-electron chi connectivity index (χ2n) is 6.47. The molecule has 0 spiro atoms. The maximum atomic E-state index is 12.6. The van der Waals surface area contributed by atoms with Crippen LogP contribution in [0.25, 0.3) is 11.1 Å². The van der Waals surface area contributed by atoms with E-state index in [2.05, 4.69) is 5.32 Å². The molecule has 0 saturated heterocycles. The van der Waals surface area contributed by atoms with Gasteiger partial charge in [0.2, 0.25) is 0 Å². The Balaban J connectivity index is 1.45. The van der Waals surface area contributed by atoms with Crippen molar-refractivity contribution in [2.75, 3.05) is 20.3 Å². The van der Waals surface area contributed by atoms with Gasteiger partial charge in [0.1, 0.15) is 19.0 Å². The predicted molar refractivity (Wildman–Crippen MR) is 110 cm³/mol. The van der Waals surface area contributed by atoms with Crippen molar-refractivity contribution >= 4 is 17.2 Å². The second kappa shape index (κ2) is 7.94. The molecule has 2 aromatic carbocycles.